The molecule has 1 aromatic heterocycles. The van der Waals surface area contributed by atoms with Gasteiger partial charge in [-0.05, 0) is 37.9 Å². The zero-order valence-corrected chi connectivity index (χ0v) is 10.7. The van der Waals surface area contributed by atoms with Crippen LogP contribution in [0.5, 0.6) is 0 Å². The SMILES string of the molecule is Cn1nccc1S(=O)(=O)NCC1CCNCC1. The molecule has 7 heteroatoms. The maximum atomic E-state index is 12.0. The molecule has 0 aliphatic carbocycles. The standard InChI is InChI=1S/C10H18N4O2S/c1-14-10(4-7-12-14)17(15,16)13-8-9-2-5-11-6-3-9/h4,7,9,11,13H,2-3,5-6,8H2,1H3. The number of hydrogen-bond donors (Lipinski definition) is 2. The molecule has 1 aromatic rings. The Morgan fingerprint density at radius 1 is 1.53 bits per heavy atom. The minimum atomic E-state index is -3.42. The van der Waals surface area contributed by atoms with Gasteiger partial charge in [0.15, 0.2) is 5.03 Å². The number of nitrogens with one attached hydrogen (secondary N) is 2. The monoisotopic (exact) mass is 258 g/mol. The second-order valence-corrected chi connectivity index (χ2v) is 6.05. The van der Waals surface area contributed by atoms with Crippen LogP contribution in [0.4, 0.5) is 0 Å². The van der Waals surface area contributed by atoms with Crippen molar-refractivity contribution in [1.82, 2.24) is 19.8 Å². The van der Waals surface area contributed by atoms with E-state index in [2.05, 4.69) is 15.1 Å². The highest BCUT2D eigenvalue weighted by molar-refractivity contribution is 7.89. The Bertz CT molecular complexity index is 462. The van der Waals surface area contributed by atoms with E-state index in [4.69, 9.17) is 0 Å². The Kier molecular flexibility index (Phi) is 3.80. The van der Waals surface area contributed by atoms with Crippen LogP contribution < -0.4 is 10.0 Å². The van der Waals surface area contributed by atoms with Crippen LogP contribution in [0.1, 0.15) is 12.8 Å². The van der Waals surface area contributed by atoms with Crippen LogP contribution in [-0.2, 0) is 17.1 Å². The first-order valence-electron chi connectivity index (χ1n) is 5.78. The number of hydrogen-bond acceptors (Lipinski definition) is 4. The maximum Gasteiger partial charge on any atom is 0.257 e. The summed E-state index contributed by atoms with van der Waals surface area (Å²) in [5, 5.41) is 7.34. The van der Waals surface area contributed by atoms with Gasteiger partial charge in [0, 0.05) is 13.6 Å². The molecule has 1 aliphatic rings. The average Bonchev–Trinajstić information content (AvgIpc) is 2.75. The van der Waals surface area contributed by atoms with E-state index in [9.17, 15) is 8.42 Å². The van der Waals surface area contributed by atoms with Gasteiger partial charge < -0.3 is 5.32 Å². The van der Waals surface area contributed by atoms with Crippen molar-refractivity contribution in [3.05, 3.63) is 12.3 Å². The highest BCUT2D eigenvalue weighted by Crippen LogP contribution is 2.12. The van der Waals surface area contributed by atoms with E-state index >= 15 is 0 Å². The molecule has 0 radical (unpaired) electrons. The summed E-state index contributed by atoms with van der Waals surface area (Å²) in [7, 11) is -1.79. The summed E-state index contributed by atoms with van der Waals surface area (Å²) in [5.74, 6) is 0.430. The van der Waals surface area contributed by atoms with Crippen LogP contribution in [0.2, 0.25) is 0 Å². The summed E-state index contributed by atoms with van der Waals surface area (Å²) >= 11 is 0. The minimum Gasteiger partial charge on any atom is -0.317 e. The maximum absolute atomic E-state index is 12.0. The highest BCUT2D eigenvalue weighted by Gasteiger charge is 2.20. The smallest absolute Gasteiger partial charge is 0.257 e. The molecule has 1 saturated heterocycles. The van der Waals surface area contributed by atoms with Gasteiger partial charge in [-0.25, -0.2) is 13.1 Å². The molecule has 0 unspecified atom stereocenters. The summed E-state index contributed by atoms with van der Waals surface area (Å²) in [4.78, 5) is 0. The number of nitrogens with zero attached hydrogens (tertiary/aromatic N) is 2. The molecule has 6 nitrogen and oxygen atoms in total. The zero-order chi connectivity index (χ0) is 12.3. The fourth-order valence-electron chi connectivity index (χ4n) is 2.01. The number of sulfonamides is 1. The Balaban J connectivity index is 1.96. The summed E-state index contributed by atoms with van der Waals surface area (Å²) in [6.45, 7) is 2.45. The molecule has 0 spiro atoms. The highest BCUT2D eigenvalue weighted by atomic mass is 32.2. The lowest BCUT2D eigenvalue weighted by atomic mass is 9.99. The van der Waals surface area contributed by atoms with Crippen molar-refractivity contribution in [1.29, 1.82) is 0 Å². The molecule has 0 atom stereocenters. The van der Waals surface area contributed by atoms with Crippen molar-refractivity contribution < 1.29 is 8.42 Å². The second-order valence-electron chi connectivity index (χ2n) is 4.34. The van der Waals surface area contributed by atoms with Crippen LogP contribution in [0.15, 0.2) is 17.3 Å². The predicted octanol–water partition coefficient (Wildman–Crippen LogP) is -0.302. The summed E-state index contributed by atoms with van der Waals surface area (Å²) in [6.07, 6.45) is 3.53. The van der Waals surface area contributed by atoms with E-state index in [1.54, 1.807) is 7.05 Å². The molecule has 2 heterocycles. The topological polar surface area (TPSA) is 76.0 Å². The van der Waals surface area contributed by atoms with Crippen LogP contribution >= 0.6 is 0 Å². The molecular weight excluding hydrogens is 240 g/mol. The summed E-state index contributed by atoms with van der Waals surface area (Å²) < 4.78 is 28.0. The van der Waals surface area contributed by atoms with Crippen LogP contribution in [0.25, 0.3) is 0 Å². The van der Waals surface area contributed by atoms with Gasteiger partial charge in [-0.3, -0.25) is 4.68 Å². The Hall–Kier alpha value is -0.920. The zero-order valence-electron chi connectivity index (χ0n) is 9.89. The first kappa shape index (κ1) is 12.5. The third kappa shape index (κ3) is 3.05. The van der Waals surface area contributed by atoms with Crippen LogP contribution in [0.3, 0.4) is 0 Å². The molecule has 96 valence electrons. The molecular formula is C10H18N4O2S. The normalized spacial score (nSPS) is 18.4. The van der Waals surface area contributed by atoms with Gasteiger partial charge >= 0.3 is 0 Å². The van der Waals surface area contributed by atoms with E-state index in [1.807, 2.05) is 0 Å². The van der Waals surface area contributed by atoms with Crippen molar-refractivity contribution in [3.8, 4) is 0 Å². The van der Waals surface area contributed by atoms with E-state index < -0.39 is 10.0 Å². The summed E-state index contributed by atoms with van der Waals surface area (Å²) in [6, 6.07) is 1.50. The molecule has 0 saturated carbocycles. The van der Waals surface area contributed by atoms with Gasteiger partial charge in [-0.15, -0.1) is 0 Å². The third-order valence-electron chi connectivity index (χ3n) is 3.07. The molecule has 1 aliphatic heterocycles. The Morgan fingerprint density at radius 2 is 2.24 bits per heavy atom. The van der Waals surface area contributed by atoms with Crippen LogP contribution in [0, 0.1) is 5.92 Å². The first-order valence-corrected chi connectivity index (χ1v) is 7.26. The fraction of sp³-hybridized carbons (Fsp3) is 0.700. The van der Waals surface area contributed by atoms with Gasteiger partial charge in [0.1, 0.15) is 0 Å². The molecule has 0 amide bonds. The van der Waals surface area contributed by atoms with Gasteiger partial charge in [0.05, 0.1) is 6.20 Å². The van der Waals surface area contributed by atoms with Crippen molar-refractivity contribution in [2.45, 2.75) is 17.9 Å². The van der Waals surface area contributed by atoms with E-state index in [0.717, 1.165) is 25.9 Å². The second kappa shape index (κ2) is 5.16. The quantitative estimate of drug-likeness (QED) is 0.777. The lowest BCUT2D eigenvalue weighted by molar-refractivity contribution is 0.372. The molecule has 2 rings (SSSR count). The number of piperidine rings is 1. The molecule has 0 bridgehead atoms. The van der Waals surface area contributed by atoms with E-state index in [1.165, 1.54) is 16.9 Å². The predicted molar refractivity (Wildman–Crippen MR) is 64.0 cm³/mol. The molecule has 17 heavy (non-hydrogen) atoms. The minimum absolute atomic E-state index is 0.214. The molecule has 1 fully saturated rings. The van der Waals surface area contributed by atoms with Crippen molar-refractivity contribution in [3.63, 3.8) is 0 Å². The Labute approximate surface area is 101 Å². The van der Waals surface area contributed by atoms with Gasteiger partial charge in [0.25, 0.3) is 10.0 Å². The largest absolute Gasteiger partial charge is 0.317 e. The van der Waals surface area contributed by atoms with Crippen molar-refractivity contribution in [2.24, 2.45) is 13.0 Å². The van der Waals surface area contributed by atoms with Gasteiger partial charge in [0.2, 0.25) is 0 Å². The number of rotatable bonds is 4. The molecule has 2 N–H and O–H groups in total. The summed E-state index contributed by atoms with van der Waals surface area (Å²) in [5.41, 5.74) is 0. The lowest BCUT2D eigenvalue weighted by Gasteiger charge is -2.22. The lowest BCUT2D eigenvalue weighted by Crippen LogP contribution is -2.36. The van der Waals surface area contributed by atoms with E-state index in [-0.39, 0.29) is 5.03 Å². The van der Waals surface area contributed by atoms with E-state index in [0.29, 0.717) is 12.5 Å². The average molecular weight is 258 g/mol. The number of aromatic nitrogens is 2. The molecule has 0 aromatic carbocycles. The van der Waals surface area contributed by atoms with Gasteiger partial charge in [-0.1, -0.05) is 0 Å². The first-order chi connectivity index (χ1) is 8.09. The fourth-order valence-corrected chi connectivity index (χ4v) is 3.25. The van der Waals surface area contributed by atoms with Crippen LogP contribution in [-0.4, -0.2) is 37.8 Å². The van der Waals surface area contributed by atoms with Crippen molar-refractivity contribution >= 4 is 10.0 Å². The third-order valence-corrected chi connectivity index (χ3v) is 4.57. The number of aryl methyl sites for hydroxylation is 1. The van der Waals surface area contributed by atoms with Crippen molar-refractivity contribution in [2.75, 3.05) is 19.6 Å². The Morgan fingerprint density at radius 3 is 2.82 bits per heavy atom. The van der Waals surface area contributed by atoms with Gasteiger partial charge in [-0.2, -0.15) is 5.10 Å².